The minimum Gasteiger partial charge on any atom is -0.490 e. The van der Waals surface area contributed by atoms with Crippen molar-refractivity contribution in [2.75, 3.05) is 20.2 Å². The molecule has 2 rings (SSSR count). The molecule has 0 amide bonds. The first-order valence-corrected chi connectivity index (χ1v) is 6.86. The highest BCUT2D eigenvalue weighted by molar-refractivity contribution is 9.10. The second-order valence-corrected chi connectivity index (χ2v) is 5.26. The summed E-state index contributed by atoms with van der Waals surface area (Å²) < 4.78 is 25.2. The molecule has 1 aliphatic heterocycles. The lowest BCUT2D eigenvalue weighted by Gasteiger charge is -2.15. The summed E-state index contributed by atoms with van der Waals surface area (Å²) in [5.74, 6) is 0.226. The maximum absolute atomic E-state index is 13.1. The molecule has 2 atom stereocenters. The molecule has 1 aromatic carbocycles. The Labute approximate surface area is 115 Å². The summed E-state index contributed by atoms with van der Waals surface area (Å²) in [6.45, 7) is 1.32. The molecule has 0 bridgehead atoms. The van der Waals surface area contributed by atoms with E-state index >= 15 is 0 Å². The smallest absolute Gasteiger partial charge is 0.136 e. The second-order valence-electron chi connectivity index (χ2n) is 4.40. The summed E-state index contributed by atoms with van der Waals surface area (Å²) in [6, 6.07) is 4.42. The molecule has 0 radical (unpaired) electrons. The van der Waals surface area contributed by atoms with Crippen molar-refractivity contribution < 1.29 is 13.9 Å². The average Bonchev–Trinajstić information content (AvgIpc) is 2.79. The number of ether oxygens (including phenoxy) is 2. The van der Waals surface area contributed by atoms with Crippen molar-refractivity contribution in [2.45, 2.75) is 25.0 Å². The van der Waals surface area contributed by atoms with E-state index in [0.29, 0.717) is 12.4 Å². The van der Waals surface area contributed by atoms with Gasteiger partial charge in [0.25, 0.3) is 0 Å². The molecular weight excluding hydrogens is 301 g/mol. The van der Waals surface area contributed by atoms with E-state index in [-0.39, 0.29) is 18.0 Å². The van der Waals surface area contributed by atoms with Gasteiger partial charge in [0.05, 0.1) is 16.7 Å². The standard InChI is InChI=1S/C13H17BrFNO2/c1-16-7-10-3-4-11(18-10)8-17-13-6-9(15)2-5-12(13)14/h2,5-6,10-11,16H,3-4,7-8H2,1H3. The van der Waals surface area contributed by atoms with Gasteiger partial charge in [-0.15, -0.1) is 0 Å². The third-order valence-electron chi connectivity index (χ3n) is 2.95. The summed E-state index contributed by atoms with van der Waals surface area (Å²) in [6.07, 6.45) is 2.39. The lowest BCUT2D eigenvalue weighted by molar-refractivity contribution is 0.0191. The van der Waals surface area contributed by atoms with Crippen LogP contribution < -0.4 is 10.1 Å². The van der Waals surface area contributed by atoms with Gasteiger partial charge in [-0.2, -0.15) is 0 Å². The molecule has 3 nitrogen and oxygen atoms in total. The molecule has 5 heteroatoms. The predicted octanol–water partition coefficient (Wildman–Crippen LogP) is 2.73. The van der Waals surface area contributed by atoms with Crippen LogP contribution >= 0.6 is 15.9 Å². The average molecular weight is 318 g/mol. The molecule has 2 unspecified atom stereocenters. The van der Waals surface area contributed by atoms with Crippen LogP contribution in [0.25, 0.3) is 0 Å². The Bertz CT molecular complexity index is 403. The quantitative estimate of drug-likeness (QED) is 0.905. The summed E-state index contributed by atoms with van der Waals surface area (Å²) in [4.78, 5) is 0. The van der Waals surface area contributed by atoms with Crippen molar-refractivity contribution in [2.24, 2.45) is 0 Å². The molecule has 1 aromatic rings. The Morgan fingerprint density at radius 1 is 1.44 bits per heavy atom. The van der Waals surface area contributed by atoms with E-state index in [0.717, 1.165) is 23.9 Å². The Morgan fingerprint density at radius 3 is 3.00 bits per heavy atom. The highest BCUT2D eigenvalue weighted by Gasteiger charge is 2.25. The van der Waals surface area contributed by atoms with E-state index in [2.05, 4.69) is 21.2 Å². The molecule has 0 aliphatic carbocycles. The molecule has 0 spiro atoms. The number of rotatable bonds is 5. The molecule has 0 saturated carbocycles. The highest BCUT2D eigenvalue weighted by Crippen LogP contribution is 2.27. The van der Waals surface area contributed by atoms with Crippen LogP contribution in [0.2, 0.25) is 0 Å². The van der Waals surface area contributed by atoms with Crippen LogP contribution in [0.5, 0.6) is 5.75 Å². The van der Waals surface area contributed by atoms with Gasteiger partial charge in [0.15, 0.2) is 0 Å². The zero-order valence-corrected chi connectivity index (χ0v) is 11.9. The molecule has 0 aromatic heterocycles. The van der Waals surface area contributed by atoms with Crippen molar-refractivity contribution in [1.82, 2.24) is 5.32 Å². The molecule has 1 N–H and O–H groups in total. The van der Waals surface area contributed by atoms with Crippen molar-refractivity contribution in [3.63, 3.8) is 0 Å². The first kappa shape index (κ1) is 13.8. The summed E-state index contributed by atoms with van der Waals surface area (Å²) in [5, 5.41) is 3.10. The van der Waals surface area contributed by atoms with Crippen molar-refractivity contribution >= 4 is 15.9 Å². The Balaban J connectivity index is 1.83. The van der Waals surface area contributed by atoms with E-state index in [1.165, 1.54) is 12.1 Å². The number of likely N-dealkylation sites (N-methyl/N-ethyl adjacent to an activating group) is 1. The fourth-order valence-electron chi connectivity index (χ4n) is 2.05. The van der Waals surface area contributed by atoms with Crippen LogP contribution in [-0.4, -0.2) is 32.4 Å². The largest absolute Gasteiger partial charge is 0.490 e. The first-order valence-electron chi connectivity index (χ1n) is 6.07. The number of hydrogen-bond acceptors (Lipinski definition) is 3. The number of benzene rings is 1. The second kappa shape index (κ2) is 6.50. The minimum atomic E-state index is -0.298. The Hall–Kier alpha value is -0.650. The first-order chi connectivity index (χ1) is 8.69. The summed E-state index contributed by atoms with van der Waals surface area (Å²) in [7, 11) is 1.91. The van der Waals surface area contributed by atoms with Crippen LogP contribution in [-0.2, 0) is 4.74 Å². The van der Waals surface area contributed by atoms with Crippen LogP contribution in [0, 0.1) is 5.82 Å². The SMILES string of the molecule is CNCC1CCC(COc2cc(F)ccc2Br)O1. The summed E-state index contributed by atoms with van der Waals surface area (Å²) in [5.41, 5.74) is 0. The van der Waals surface area contributed by atoms with Gasteiger partial charge in [0.1, 0.15) is 18.2 Å². The molecule has 1 heterocycles. The molecule has 100 valence electrons. The van der Waals surface area contributed by atoms with Gasteiger partial charge in [-0.05, 0) is 48.0 Å². The van der Waals surface area contributed by atoms with Gasteiger partial charge < -0.3 is 14.8 Å². The van der Waals surface area contributed by atoms with E-state index < -0.39 is 0 Å². The van der Waals surface area contributed by atoms with Crippen molar-refractivity contribution in [3.05, 3.63) is 28.5 Å². The van der Waals surface area contributed by atoms with E-state index in [1.807, 2.05) is 7.05 Å². The van der Waals surface area contributed by atoms with Crippen LogP contribution in [0.1, 0.15) is 12.8 Å². The zero-order chi connectivity index (χ0) is 13.0. The lowest BCUT2D eigenvalue weighted by Crippen LogP contribution is -2.25. The van der Waals surface area contributed by atoms with Crippen LogP contribution in [0.3, 0.4) is 0 Å². The number of halogens is 2. The van der Waals surface area contributed by atoms with E-state index in [9.17, 15) is 4.39 Å². The van der Waals surface area contributed by atoms with E-state index in [4.69, 9.17) is 9.47 Å². The van der Waals surface area contributed by atoms with Gasteiger partial charge in [-0.25, -0.2) is 4.39 Å². The predicted molar refractivity (Wildman–Crippen MR) is 71.4 cm³/mol. The molecule has 1 saturated heterocycles. The van der Waals surface area contributed by atoms with Gasteiger partial charge in [-0.3, -0.25) is 0 Å². The highest BCUT2D eigenvalue weighted by atomic mass is 79.9. The lowest BCUT2D eigenvalue weighted by atomic mass is 10.2. The molecule has 1 aliphatic rings. The molecule has 1 fully saturated rings. The van der Waals surface area contributed by atoms with Gasteiger partial charge >= 0.3 is 0 Å². The third-order valence-corrected chi connectivity index (χ3v) is 3.60. The maximum atomic E-state index is 13.1. The third kappa shape index (κ3) is 3.67. The van der Waals surface area contributed by atoms with Gasteiger partial charge in [0.2, 0.25) is 0 Å². The monoisotopic (exact) mass is 317 g/mol. The number of nitrogens with one attached hydrogen (secondary N) is 1. The van der Waals surface area contributed by atoms with E-state index in [1.54, 1.807) is 6.07 Å². The Kier molecular flexibility index (Phi) is 4.97. The fraction of sp³-hybridized carbons (Fsp3) is 0.538. The van der Waals surface area contributed by atoms with Crippen LogP contribution in [0.4, 0.5) is 4.39 Å². The van der Waals surface area contributed by atoms with Crippen molar-refractivity contribution in [3.8, 4) is 5.75 Å². The summed E-state index contributed by atoms with van der Waals surface area (Å²) >= 11 is 3.33. The van der Waals surface area contributed by atoms with Gasteiger partial charge in [0, 0.05) is 12.6 Å². The molecular formula is C13H17BrFNO2. The minimum absolute atomic E-state index is 0.0958. The normalized spacial score (nSPS) is 23.3. The maximum Gasteiger partial charge on any atom is 0.136 e. The van der Waals surface area contributed by atoms with Crippen molar-refractivity contribution in [1.29, 1.82) is 0 Å². The fourth-order valence-corrected chi connectivity index (χ4v) is 2.41. The molecule has 18 heavy (non-hydrogen) atoms. The topological polar surface area (TPSA) is 30.5 Å². The number of hydrogen-bond donors (Lipinski definition) is 1. The van der Waals surface area contributed by atoms with Gasteiger partial charge in [-0.1, -0.05) is 0 Å². The Morgan fingerprint density at radius 2 is 2.22 bits per heavy atom. The van der Waals surface area contributed by atoms with Crippen LogP contribution in [0.15, 0.2) is 22.7 Å². The zero-order valence-electron chi connectivity index (χ0n) is 10.3.